The first-order valence-electron chi connectivity index (χ1n) is 9.56. The number of carbonyl (C=O) groups excluding carboxylic acids is 3. The topological polar surface area (TPSA) is 97.8 Å². The van der Waals surface area contributed by atoms with Crippen LogP contribution in [0.2, 0.25) is 0 Å². The van der Waals surface area contributed by atoms with Crippen LogP contribution < -0.4 is 0 Å². The Morgan fingerprint density at radius 1 is 0.967 bits per heavy atom. The summed E-state index contributed by atoms with van der Waals surface area (Å²) >= 11 is 0. The molecule has 0 saturated carbocycles. The fourth-order valence-electron chi connectivity index (χ4n) is 3.34. The van der Waals surface area contributed by atoms with Gasteiger partial charge in [0, 0.05) is 24.2 Å². The van der Waals surface area contributed by atoms with Gasteiger partial charge in [-0.25, -0.2) is 13.2 Å². The number of likely N-dealkylation sites (N-methyl/N-ethyl adjacent to an activating group) is 1. The third-order valence-corrected chi connectivity index (χ3v) is 6.90. The van der Waals surface area contributed by atoms with Crippen LogP contribution in [-0.4, -0.2) is 61.7 Å². The first-order valence-corrected chi connectivity index (χ1v) is 11.4. The highest BCUT2D eigenvalue weighted by atomic mass is 32.2. The summed E-state index contributed by atoms with van der Waals surface area (Å²) in [5.74, 6) is -1.33. The standard InChI is InChI=1S/C22H23NO6S/c1-15(21(25)23(2)19-12-13-30(27,28)14-19)29-22(26)18-10-8-17(9-11-18)20(24)16-6-4-3-5-7-16/h3-11,15,19H,12-14H2,1-2H3/t15-,19-/m0/s1. The minimum atomic E-state index is -3.13. The maximum absolute atomic E-state index is 12.5. The molecule has 1 amide bonds. The summed E-state index contributed by atoms with van der Waals surface area (Å²) in [4.78, 5) is 38.7. The number of ether oxygens (including phenoxy) is 1. The molecule has 7 nitrogen and oxygen atoms in total. The molecular formula is C22H23NO6S. The van der Waals surface area contributed by atoms with Gasteiger partial charge in [0.25, 0.3) is 5.91 Å². The van der Waals surface area contributed by atoms with Crippen molar-refractivity contribution in [1.82, 2.24) is 4.90 Å². The van der Waals surface area contributed by atoms with Gasteiger partial charge in [0.2, 0.25) is 0 Å². The number of amides is 1. The Labute approximate surface area is 175 Å². The molecule has 2 aromatic carbocycles. The van der Waals surface area contributed by atoms with Crippen molar-refractivity contribution in [1.29, 1.82) is 0 Å². The van der Waals surface area contributed by atoms with Crippen molar-refractivity contribution in [3.05, 3.63) is 71.3 Å². The number of ketones is 1. The number of benzene rings is 2. The third kappa shape index (κ3) is 4.94. The largest absolute Gasteiger partial charge is 0.449 e. The molecule has 2 atom stereocenters. The van der Waals surface area contributed by atoms with Crippen LogP contribution in [0.5, 0.6) is 0 Å². The number of hydrogen-bond acceptors (Lipinski definition) is 6. The minimum Gasteiger partial charge on any atom is -0.449 e. The fourth-order valence-corrected chi connectivity index (χ4v) is 5.11. The van der Waals surface area contributed by atoms with E-state index in [9.17, 15) is 22.8 Å². The van der Waals surface area contributed by atoms with Gasteiger partial charge < -0.3 is 9.64 Å². The smallest absolute Gasteiger partial charge is 0.338 e. The Kier molecular flexibility index (Phi) is 6.36. The van der Waals surface area contributed by atoms with Crippen molar-refractivity contribution in [2.24, 2.45) is 0 Å². The summed E-state index contributed by atoms with van der Waals surface area (Å²) in [6.07, 6.45) is -0.682. The molecule has 3 rings (SSSR count). The van der Waals surface area contributed by atoms with E-state index in [4.69, 9.17) is 4.74 Å². The maximum Gasteiger partial charge on any atom is 0.338 e. The highest BCUT2D eigenvalue weighted by Gasteiger charge is 2.35. The number of sulfone groups is 1. The van der Waals surface area contributed by atoms with Gasteiger partial charge in [0.05, 0.1) is 17.1 Å². The lowest BCUT2D eigenvalue weighted by molar-refractivity contribution is -0.140. The van der Waals surface area contributed by atoms with E-state index in [0.29, 0.717) is 17.5 Å². The maximum atomic E-state index is 12.5. The Bertz CT molecular complexity index is 1050. The molecule has 0 bridgehead atoms. The summed E-state index contributed by atoms with van der Waals surface area (Å²) in [6, 6.07) is 14.4. The van der Waals surface area contributed by atoms with E-state index in [1.54, 1.807) is 24.3 Å². The van der Waals surface area contributed by atoms with Crippen molar-refractivity contribution in [3.8, 4) is 0 Å². The Balaban J connectivity index is 1.61. The normalized spacial score (nSPS) is 18.4. The molecule has 0 aromatic heterocycles. The van der Waals surface area contributed by atoms with Crippen LogP contribution in [0.25, 0.3) is 0 Å². The predicted octanol–water partition coefficient (Wildman–Crippen LogP) is 2.11. The zero-order valence-corrected chi connectivity index (χ0v) is 17.6. The molecule has 1 fully saturated rings. The van der Waals surface area contributed by atoms with E-state index in [-0.39, 0.29) is 22.9 Å². The molecule has 1 heterocycles. The molecule has 2 aromatic rings. The van der Waals surface area contributed by atoms with Crippen LogP contribution in [0.4, 0.5) is 0 Å². The van der Waals surface area contributed by atoms with E-state index in [0.717, 1.165) is 0 Å². The summed E-state index contributed by atoms with van der Waals surface area (Å²) in [6.45, 7) is 1.45. The number of esters is 1. The number of rotatable bonds is 6. The van der Waals surface area contributed by atoms with Crippen molar-refractivity contribution in [2.75, 3.05) is 18.6 Å². The van der Waals surface area contributed by atoms with E-state index < -0.39 is 33.9 Å². The average Bonchev–Trinajstić information content (AvgIpc) is 3.12. The van der Waals surface area contributed by atoms with Crippen molar-refractivity contribution in [2.45, 2.75) is 25.5 Å². The molecule has 1 saturated heterocycles. The summed E-state index contributed by atoms with van der Waals surface area (Å²) in [7, 11) is -1.61. The monoisotopic (exact) mass is 429 g/mol. The van der Waals surface area contributed by atoms with Gasteiger partial charge in [-0.1, -0.05) is 42.5 Å². The van der Waals surface area contributed by atoms with E-state index in [2.05, 4.69) is 0 Å². The molecule has 0 aliphatic carbocycles. The molecule has 1 aliphatic heterocycles. The summed E-state index contributed by atoms with van der Waals surface area (Å²) < 4.78 is 28.5. The zero-order valence-electron chi connectivity index (χ0n) is 16.8. The Hall–Kier alpha value is -3.00. The first kappa shape index (κ1) is 21.7. The van der Waals surface area contributed by atoms with Crippen LogP contribution in [0.3, 0.4) is 0 Å². The molecule has 8 heteroatoms. The Morgan fingerprint density at radius 3 is 2.10 bits per heavy atom. The minimum absolute atomic E-state index is 0.0531. The van der Waals surface area contributed by atoms with Gasteiger partial charge >= 0.3 is 5.97 Å². The third-order valence-electron chi connectivity index (χ3n) is 5.15. The van der Waals surface area contributed by atoms with Gasteiger partial charge in [0.15, 0.2) is 21.7 Å². The number of hydrogen-bond donors (Lipinski definition) is 0. The fraction of sp³-hybridized carbons (Fsp3) is 0.318. The molecule has 0 N–H and O–H groups in total. The van der Waals surface area contributed by atoms with Crippen molar-refractivity contribution in [3.63, 3.8) is 0 Å². The molecule has 0 unspecified atom stereocenters. The van der Waals surface area contributed by atoms with Gasteiger partial charge in [-0.3, -0.25) is 9.59 Å². The molecule has 30 heavy (non-hydrogen) atoms. The molecule has 158 valence electrons. The second kappa shape index (κ2) is 8.79. The first-order chi connectivity index (χ1) is 14.2. The lowest BCUT2D eigenvalue weighted by Crippen LogP contribution is -2.44. The van der Waals surface area contributed by atoms with Crippen molar-refractivity contribution >= 4 is 27.5 Å². The molecule has 0 radical (unpaired) electrons. The van der Waals surface area contributed by atoms with Gasteiger partial charge in [0.1, 0.15) is 0 Å². The zero-order chi connectivity index (χ0) is 21.9. The van der Waals surface area contributed by atoms with E-state index in [1.807, 2.05) is 6.07 Å². The lowest BCUT2D eigenvalue weighted by atomic mass is 10.0. The molecule has 1 aliphatic rings. The second-order valence-corrected chi connectivity index (χ2v) is 9.55. The molecule has 0 spiro atoms. The van der Waals surface area contributed by atoms with Crippen LogP contribution in [-0.2, 0) is 19.4 Å². The van der Waals surface area contributed by atoms with Gasteiger partial charge in [-0.2, -0.15) is 0 Å². The molecular weight excluding hydrogens is 406 g/mol. The number of nitrogens with zero attached hydrogens (tertiary/aromatic N) is 1. The second-order valence-electron chi connectivity index (χ2n) is 7.33. The van der Waals surface area contributed by atoms with Gasteiger partial charge in [-0.15, -0.1) is 0 Å². The van der Waals surface area contributed by atoms with Crippen LogP contribution in [0, 0.1) is 0 Å². The highest BCUT2D eigenvalue weighted by molar-refractivity contribution is 7.91. The van der Waals surface area contributed by atoms with E-state index >= 15 is 0 Å². The van der Waals surface area contributed by atoms with Crippen molar-refractivity contribution < 1.29 is 27.5 Å². The van der Waals surface area contributed by atoms with E-state index in [1.165, 1.54) is 43.1 Å². The quantitative estimate of drug-likeness (QED) is 0.515. The lowest BCUT2D eigenvalue weighted by Gasteiger charge is -2.26. The summed E-state index contributed by atoms with van der Waals surface area (Å²) in [5.41, 5.74) is 1.19. The van der Waals surface area contributed by atoms with Gasteiger partial charge in [-0.05, 0) is 25.5 Å². The van der Waals surface area contributed by atoms with Crippen LogP contribution in [0.1, 0.15) is 39.6 Å². The summed E-state index contributed by atoms with van der Waals surface area (Å²) in [5, 5.41) is 0. The SMILES string of the molecule is C[C@H](OC(=O)c1ccc(C(=O)c2ccccc2)cc1)C(=O)N(C)[C@H]1CCS(=O)(=O)C1. The number of carbonyl (C=O) groups is 3. The van der Waals surface area contributed by atoms with Crippen LogP contribution in [0.15, 0.2) is 54.6 Å². The predicted molar refractivity (Wildman–Crippen MR) is 111 cm³/mol. The van der Waals surface area contributed by atoms with Crippen LogP contribution >= 0.6 is 0 Å². The highest BCUT2D eigenvalue weighted by Crippen LogP contribution is 2.18. The average molecular weight is 429 g/mol. The Morgan fingerprint density at radius 2 is 1.53 bits per heavy atom.